The van der Waals surface area contributed by atoms with E-state index in [2.05, 4.69) is 40.8 Å². The molecule has 0 saturated carbocycles. The number of fused-ring (bicyclic) bond motifs is 1. The summed E-state index contributed by atoms with van der Waals surface area (Å²) in [6.45, 7) is 8.74. The molecule has 2 heterocycles. The van der Waals surface area contributed by atoms with Crippen molar-refractivity contribution in [3.05, 3.63) is 53.3 Å². The zero-order valence-corrected chi connectivity index (χ0v) is 12.8. The second-order valence-corrected chi connectivity index (χ2v) is 5.32. The lowest BCUT2D eigenvalue weighted by Crippen LogP contribution is -2.13. The van der Waals surface area contributed by atoms with Crippen LogP contribution in [0.3, 0.4) is 0 Å². The minimum Gasteiger partial charge on any atom is -0.459 e. The summed E-state index contributed by atoms with van der Waals surface area (Å²) in [4.78, 5) is 4.36. The fourth-order valence-corrected chi connectivity index (χ4v) is 2.58. The summed E-state index contributed by atoms with van der Waals surface area (Å²) in [5, 5.41) is 4.60. The van der Waals surface area contributed by atoms with E-state index in [1.54, 1.807) is 0 Å². The average Bonchev–Trinajstić information content (AvgIpc) is 3.00. The maximum Gasteiger partial charge on any atom is 0.134 e. The van der Waals surface area contributed by atoms with Crippen LogP contribution >= 0.6 is 0 Å². The monoisotopic (exact) mass is 283 g/mol. The molecule has 0 aliphatic rings. The van der Waals surface area contributed by atoms with Crippen molar-refractivity contribution in [3.63, 3.8) is 0 Å². The first-order valence-corrected chi connectivity index (χ1v) is 7.39. The Bertz CT molecular complexity index is 755. The average molecular weight is 283 g/mol. The Morgan fingerprint density at radius 3 is 2.76 bits per heavy atom. The molecular weight excluding hydrogens is 262 g/mol. The summed E-state index contributed by atoms with van der Waals surface area (Å²) in [7, 11) is 0. The standard InChI is InChI=1S/C17H21N3O/c1-4-18-9-15-14-7-5-6-8-16(14)21-17(15)10-20-11-19-12(2)13(20)3/h5-8,11,18H,4,9-10H2,1-3H3. The molecular formula is C17H21N3O. The number of imidazole rings is 1. The van der Waals surface area contributed by atoms with Gasteiger partial charge < -0.3 is 14.3 Å². The van der Waals surface area contributed by atoms with E-state index in [-0.39, 0.29) is 0 Å². The highest BCUT2D eigenvalue weighted by molar-refractivity contribution is 5.82. The molecule has 0 unspecified atom stereocenters. The molecule has 0 radical (unpaired) electrons. The van der Waals surface area contributed by atoms with Crippen LogP contribution in [0.2, 0.25) is 0 Å². The minimum absolute atomic E-state index is 0.724. The molecule has 4 heteroatoms. The van der Waals surface area contributed by atoms with E-state index in [1.807, 2.05) is 25.4 Å². The number of aromatic nitrogens is 2. The number of hydrogen-bond donors (Lipinski definition) is 1. The summed E-state index contributed by atoms with van der Waals surface area (Å²) in [5.74, 6) is 1.01. The van der Waals surface area contributed by atoms with E-state index in [1.165, 1.54) is 16.6 Å². The van der Waals surface area contributed by atoms with Crippen LogP contribution in [-0.2, 0) is 13.1 Å². The molecule has 0 amide bonds. The lowest BCUT2D eigenvalue weighted by molar-refractivity contribution is 0.514. The molecule has 2 aromatic heterocycles. The topological polar surface area (TPSA) is 43.0 Å². The number of aryl methyl sites for hydroxylation is 1. The summed E-state index contributed by atoms with van der Waals surface area (Å²) < 4.78 is 8.22. The quantitative estimate of drug-likeness (QED) is 0.780. The summed E-state index contributed by atoms with van der Waals surface area (Å²) in [6, 6.07) is 8.23. The Balaban J connectivity index is 2.02. The van der Waals surface area contributed by atoms with Crippen molar-refractivity contribution in [2.24, 2.45) is 0 Å². The van der Waals surface area contributed by atoms with Crippen molar-refractivity contribution in [1.29, 1.82) is 0 Å². The third-order valence-electron chi connectivity index (χ3n) is 3.99. The normalized spacial score (nSPS) is 11.4. The van der Waals surface area contributed by atoms with Gasteiger partial charge >= 0.3 is 0 Å². The van der Waals surface area contributed by atoms with Crippen molar-refractivity contribution < 1.29 is 4.42 Å². The molecule has 3 aromatic rings. The lowest BCUT2D eigenvalue weighted by Gasteiger charge is -2.06. The van der Waals surface area contributed by atoms with Crippen LogP contribution < -0.4 is 5.32 Å². The number of nitrogens with zero attached hydrogens (tertiary/aromatic N) is 2. The fraction of sp³-hybridized carbons (Fsp3) is 0.353. The van der Waals surface area contributed by atoms with Gasteiger partial charge in [-0.2, -0.15) is 0 Å². The van der Waals surface area contributed by atoms with Gasteiger partial charge in [0.1, 0.15) is 11.3 Å². The van der Waals surface area contributed by atoms with Gasteiger partial charge in [0.05, 0.1) is 18.6 Å². The molecule has 0 fully saturated rings. The molecule has 0 aliphatic carbocycles. The second-order valence-electron chi connectivity index (χ2n) is 5.32. The Hall–Kier alpha value is -2.07. The van der Waals surface area contributed by atoms with Gasteiger partial charge in [-0.3, -0.25) is 0 Å². The third-order valence-corrected chi connectivity index (χ3v) is 3.99. The van der Waals surface area contributed by atoms with Gasteiger partial charge in [0.2, 0.25) is 0 Å². The first kappa shape index (κ1) is 13.9. The predicted octanol–water partition coefficient (Wildman–Crippen LogP) is 3.40. The number of nitrogens with one attached hydrogen (secondary N) is 1. The molecule has 0 aliphatic heterocycles. The maximum absolute atomic E-state index is 6.08. The van der Waals surface area contributed by atoms with Crippen LogP contribution in [0.5, 0.6) is 0 Å². The molecule has 4 nitrogen and oxygen atoms in total. The van der Waals surface area contributed by atoms with Crippen molar-refractivity contribution in [2.45, 2.75) is 33.9 Å². The molecule has 3 rings (SSSR count). The number of hydrogen-bond acceptors (Lipinski definition) is 3. The largest absolute Gasteiger partial charge is 0.459 e. The van der Waals surface area contributed by atoms with Gasteiger partial charge in [-0.05, 0) is 26.5 Å². The molecule has 0 bridgehead atoms. The predicted molar refractivity (Wildman–Crippen MR) is 84.4 cm³/mol. The second kappa shape index (κ2) is 5.74. The van der Waals surface area contributed by atoms with Crippen LogP contribution in [0, 0.1) is 13.8 Å². The van der Waals surface area contributed by atoms with Crippen LogP contribution in [0.4, 0.5) is 0 Å². The number of furan rings is 1. The summed E-state index contributed by atoms with van der Waals surface area (Å²) >= 11 is 0. The first-order chi connectivity index (χ1) is 10.2. The van der Waals surface area contributed by atoms with Gasteiger partial charge in [0.15, 0.2) is 0 Å². The molecule has 0 atom stereocenters. The smallest absolute Gasteiger partial charge is 0.134 e. The summed E-state index contributed by atoms with van der Waals surface area (Å²) in [6.07, 6.45) is 1.88. The molecule has 1 aromatic carbocycles. The SMILES string of the molecule is CCNCc1c(Cn2cnc(C)c2C)oc2ccccc12. The molecule has 21 heavy (non-hydrogen) atoms. The zero-order chi connectivity index (χ0) is 14.8. The Labute approximate surface area is 124 Å². The maximum atomic E-state index is 6.08. The van der Waals surface area contributed by atoms with Gasteiger partial charge in [-0.1, -0.05) is 25.1 Å². The van der Waals surface area contributed by atoms with Crippen molar-refractivity contribution in [1.82, 2.24) is 14.9 Å². The van der Waals surface area contributed by atoms with Crippen molar-refractivity contribution in [2.75, 3.05) is 6.54 Å². The van der Waals surface area contributed by atoms with Crippen molar-refractivity contribution >= 4 is 11.0 Å². The van der Waals surface area contributed by atoms with Gasteiger partial charge in [-0.15, -0.1) is 0 Å². The highest BCUT2D eigenvalue weighted by Crippen LogP contribution is 2.27. The highest BCUT2D eigenvalue weighted by Gasteiger charge is 2.15. The van der Waals surface area contributed by atoms with Gasteiger partial charge in [-0.25, -0.2) is 4.98 Å². The number of para-hydroxylation sites is 1. The van der Waals surface area contributed by atoms with Crippen LogP contribution in [-0.4, -0.2) is 16.1 Å². The Morgan fingerprint density at radius 1 is 1.24 bits per heavy atom. The van der Waals surface area contributed by atoms with Crippen molar-refractivity contribution in [3.8, 4) is 0 Å². The summed E-state index contributed by atoms with van der Waals surface area (Å²) in [5.41, 5.74) is 4.46. The molecule has 1 N–H and O–H groups in total. The molecule has 0 saturated heterocycles. The number of benzene rings is 1. The Kier molecular flexibility index (Phi) is 3.80. The zero-order valence-electron chi connectivity index (χ0n) is 12.8. The van der Waals surface area contributed by atoms with E-state index in [9.17, 15) is 0 Å². The van der Waals surface area contributed by atoms with E-state index < -0.39 is 0 Å². The third kappa shape index (κ3) is 2.59. The van der Waals surface area contributed by atoms with E-state index in [0.717, 1.165) is 36.7 Å². The van der Waals surface area contributed by atoms with Crippen LogP contribution in [0.25, 0.3) is 11.0 Å². The van der Waals surface area contributed by atoms with E-state index >= 15 is 0 Å². The number of rotatable bonds is 5. The van der Waals surface area contributed by atoms with Gasteiger partial charge in [0, 0.05) is 23.2 Å². The van der Waals surface area contributed by atoms with E-state index in [0.29, 0.717) is 0 Å². The molecule has 110 valence electrons. The van der Waals surface area contributed by atoms with Crippen LogP contribution in [0.15, 0.2) is 35.0 Å². The Morgan fingerprint density at radius 2 is 2.05 bits per heavy atom. The van der Waals surface area contributed by atoms with E-state index in [4.69, 9.17) is 4.42 Å². The lowest BCUT2D eigenvalue weighted by atomic mass is 10.1. The fourth-order valence-electron chi connectivity index (χ4n) is 2.58. The van der Waals surface area contributed by atoms with Crippen LogP contribution in [0.1, 0.15) is 29.6 Å². The van der Waals surface area contributed by atoms with Gasteiger partial charge in [0.25, 0.3) is 0 Å². The highest BCUT2D eigenvalue weighted by atomic mass is 16.3. The minimum atomic E-state index is 0.724. The molecule has 0 spiro atoms. The first-order valence-electron chi connectivity index (χ1n) is 7.39.